The number of carbonyl (C=O) groups is 1. The number of nitrogens with zero attached hydrogens (tertiary/aromatic N) is 3. The van der Waals surface area contributed by atoms with E-state index in [0.29, 0.717) is 17.5 Å². The fourth-order valence-corrected chi connectivity index (χ4v) is 3.16. The maximum Gasteiger partial charge on any atom is 0.230 e. The van der Waals surface area contributed by atoms with E-state index in [2.05, 4.69) is 22.1 Å². The molecule has 138 valence electrons. The van der Waals surface area contributed by atoms with Gasteiger partial charge in [0.05, 0.1) is 11.4 Å². The summed E-state index contributed by atoms with van der Waals surface area (Å²) in [5, 5.41) is 11.2. The zero-order chi connectivity index (χ0) is 19.2. The van der Waals surface area contributed by atoms with Gasteiger partial charge in [0.25, 0.3) is 0 Å². The quantitative estimate of drug-likeness (QED) is 0.498. The van der Waals surface area contributed by atoms with Gasteiger partial charge in [-0.2, -0.15) is 0 Å². The molecule has 1 amide bonds. The van der Waals surface area contributed by atoms with Crippen molar-refractivity contribution in [1.82, 2.24) is 20.1 Å². The van der Waals surface area contributed by atoms with Crippen LogP contribution in [0.4, 0.5) is 8.78 Å². The van der Waals surface area contributed by atoms with Crippen LogP contribution in [-0.2, 0) is 4.79 Å². The Morgan fingerprint density at radius 1 is 1.19 bits per heavy atom. The van der Waals surface area contributed by atoms with Gasteiger partial charge in [-0.3, -0.25) is 9.36 Å². The molecule has 2 aromatic carbocycles. The van der Waals surface area contributed by atoms with Crippen molar-refractivity contribution in [3.63, 3.8) is 0 Å². The highest BCUT2D eigenvalue weighted by atomic mass is 32.2. The molecule has 0 unspecified atom stereocenters. The summed E-state index contributed by atoms with van der Waals surface area (Å²) < 4.78 is 29.3. The predicted molar refractivity (Wildman–Crippen MR) is 101 cm³/mol. The average Bonchev–Trinajstić information content (AvgIpc) is 3.09. The number of hydrogen-bond acceptors (Lipinski definition) is 4. The Morgan fingerprint density at radius 3 is 2.67 bits per heavy atom. The molecule has 0 atom stereocenters. The lowest BCUT2D eigenvalue weighted by Gasteiger charge is -2.11. The van der Waals surface area contributed by atoms with Crippen molar-refractivity contribution in [3.05, 3.63) is 72.8 Å². The normalized spacial score (nSPS) is 10.6. The van der Waals surface area contributed by atoms with E-state index in [1.165, 1.54) is 16.7 Å². The van der Waals surface area contributed by atoms with E-state index in [0.717, 1.165) is 23.4 Å². The molecule has 1 aromatic heterocycles. The molecule has 0 fully saturated rings. The van der Waals surface area contributed by atoms with Crippen molar-refractivity contribution in [2.24, 2.45) is 0 Å². The molecule has 1 heterocycles. The van der Waals surface area contributed by atoms with Crippen LogP contribution in [0.2, 0.25) is 0 Å². The van der Waals surface area contributed by atoms with Crippen LogP contribution in [0.15, 0.2) is 66.3 Å². The standard InChI is InChI=1S/C19H16F2N4OS/c1-2-10-22-17(26)12-27-19-24-23-18(13-6-4-3-5-7-13)25(19)16-9-8-14(20)11-15(16)21/h2-9,11H,1,10,12H2,(H,22,26). The molecule has 0 saturated carbocycles. The van der Waals surface area contributed by atoms with Crippen LogP contribution in [0.3, 0.4) is 0 Å². The van der Waals surface area contributed by atoms with Gasteiger partial charge in [0, 0.05) is 18.2 Å². The van der Waals surface area contributed by atoms with Crippen LogP contribution in [0, 0.1) is 11.6 Å². The van der Waals surface area contributed by atoms with Gasteiger partial charge >= 0.3 is 0 Å². The molecule has 1 N–H and O–H groups in total. The van der Waals surface area contributed by atoms with Crippen molar-refractivity contribution < 1.29 is 13.6 Å². The minimum atomic E-state index is -0.745. The Morgan fingerprint density at radius 2 is 1.96 bits per heavy atom. The summed E-state index contributed by atoms with van der Waals surface area (Å²) >= 11 is 1.11. The number of rotatable bonds is 7. The van der Waals surface area contributed by atoms with Crippen LogP contribution in [0.5, 0.6) is 0 Å². The minimum absolute atomic E-state index is 0.0730. The summed E-state index contributed by atoms with van der Waals surface area (Å²) in [7, 11) is 0. The number of thioether (sulfide) groups is 1. The summed E-state index contributed by atoms with van der Waals surface area (Å²) in [5.41, 5.74) is 0.825. The Bertz CT molecular complexity index is 960. The zero-order valence-electron chi connectivity index (χ0n) is 14.2. The number of amides is 1. The molecular weight excluding hydrogens is 370 g/mol. The second-order valence-electron chi connectivity index (χ2n) is 5.48. The largest absolute Gasteiger partial charge is 0.352 e. The molecule has 3 aromatic rings. The van der Waals surface area contributed by atoms with Crippen molar-refractivity contribution in [3.8, 4) is 17.1 Å². The van der Waals surface area contributed by atoms with Gasteiger partial charge in [-0.05, 0) is 12.1 Å². The highest BCUT2D eigenvalue weighted by Gasteiger charge is 2.19. The number of carbonyl (C=O) groups excluding carboxylic acids is 1. The minimum Gasteiger partial charge on any atom is -0.352 e. The Hall–Kier alpha value is -3.00. The van der Waals surface area contributed by atoms with E-state index in [4.69, 9.17) is 0 Å². The Kier molecular flexibility index (Phi) is 5.97. The zero-order valence-corrected chi connectivity index (χ0v) is 15.0. The van der Waals surface area contributed by atoms with E-state index >= 15 is 0 Å². The number of halogens is 2. The first-order valence-electron chi connectivity index (χ1n) is 8.07. The highest BCUT2D eigenvalue weighted by Crippen LogP contribution is 2.29. The molecule has 27 heavy (non-hydrogen) atoms. The van der Waals surface area contributed by atoms with Crippen molar-refractivity contribution >= 4 is 17.7 Å². The van der Waals surface area contributed by atoms with Crippen molar-refractivity contribution in [2.75, 3.05) is 12.3 Å². The van der Waals surface area contributed by atoms with Crippen molar-refractivity contribution in [2.45, 2.75) is 5.16 Å². The van der Waals surface area contributed by atoms with Crippen LogP contribution in [-0.4, -0.2) is 33.0 Å². The SMILES string of the molecule is C=CCNC(=O)CSc1nnc(-c2ccccc2)n1-c1ccc(F)cc1F. The predicted octanol–water partition coefficient (Wildman–Crippen LogP) is 3.61. The van der Waals surface area contributed by atoms with Crippen LogP contribution < -0.4 is 5.32 Å². The average molecular weight is 386 g/mol. The van der Waals surface area contributed by atoms with Crippen molar-refractivity contribution in [1.29, 1.82) is 0 Å². The third kappa shape index (κ3) is 4.40. The Labute approximate surface area is 159 Å². The van der Waals surface area contributed by atoms with E-state index in [9.17, 15) is 13.6 Å². The van der Waals surface area contributed by atoms with Crippen LogP contribution in [0.25, 0.3) is 17.1 Å². The summed E-state index contributed by atoms with van der Waals surface area (Å²) in [6.45, 7) is 3.89. The lowest BCUT2D eigenvalue weighted by atomic mass is 10.2. The van der Waals surface area contributed by atoms with Gasteiger partial charge in [0.2, 0.25) is 5.91 Å². The second kappa shape index (κ2) is 8.59. The number of aromatic nitrogens is 3. The number of hydrogen-bond donors (Lipinski definition) is 1. The lowest BCUT2D eigenvalue weighted by molar-refractivity contribution is -0.118. The fraction of sp³-hybridized carbons (Fsp3) is 0.105. The molecule has 3 rings (SSSR count). The topological polar surface area (TPSA) is 59.8 Å². The molecule has 0 spiro atoms. The molecule has 0 aliphatic rings. The maximum atomic E-state index is 14.4. The molecule has 0 saturated heterocycles. The summed E-state index contributed by atoms with van der Waals surface area (Å²) in [6, 6.07) is 12.4. The van der Waals surface area contributed by atoms with Gasteiger partial charge < -0.3 is 5.32 Å². The lowest BCUT2D eigenvalue weighted by Crippen LogP contribution is -2.25. The third-order valence-electron chi connectivity index (χ3n) is 3.59. The number of nitrogens with one attached hydrogen (secondary N) is 1. The van der Waals surface area contributed by atoms with E-state index in [1.54, 1.807) is 6.08 Å². The van der Waals surface area contributed by atoms with Gasteiger partial charge in [-0.25, -0.2) is 8.78 Å². The molecule has 8 heteroatoms. The molecule has 0 radical (unpaired) electrons. The summed E-state index contributed by atoms with van der Waals surface area (Å²) in [5.74, 6) is -1.16. The van der Waals surface area contributed by atoms with Gasteiger partial charge in [0.15, 0.2) is 11.0 Å². The molecule has 0 bridgehead atoms. The first-order valence-corrected chi connectivity index (χ1v) is 9.05. The van der Waals surface area contributed by atoms with E-state index in [1.807, 2.05) is 30.3 Å². The third-order valence-corrected chi connectivity index (χ3v) is 4.52. The van der Waals surface area contributed by atoms with Gasteiger partial charge in [0.1, 0.15) is 11.6 Å². The second-order valence-corrected chi connectivity index (χ2v) is 6.43. The number of benzene rings is 2. The highest BCUT2D eigenvalue weighted by molar-refractivity contribution is 7.99. The van der Waals surface area contributed by atoms with E-state index < -0.39 is 11.6 Å². The maximum absolute atomic E-state index is 14.4. The Balaban J connectivity index is 2.00. The van der Waals surface area contributed by atoms with Gasteiger partial charge in [-0.1, -0.05) is 48.2 Å². The van der Waals surface area contributed by atoms with Gasteiger partial charge in [-0.15, -0.1) is 16.8 Å². The molecule has 5 nitrogen and oxygen atoms in total. The fourth-order valence-electron chi connectivity index (χ4n) is 2.38. The first kappa shape index (κ1) is 18.8. The van der Waals surface area contributed by atoms with Crippen LogP contribution >= 0.6 is 11.8 Å². The monoisotopic (exact) mass is 386 g/mol. The summed E-state index contributed by atoms with van der Waals surface area (Å²) in [4.78, 5) is 11.9. The smallest absolute Gasteiger partial charge is 0.230 e. The first-order chi connectivity index (χ1) is 13.1. The summed E-state index contributed by atoms with van der Waals surface area (Å²) in [6.07, 6.45) is 1.58. The molecular formula is C19H16F2N4OS. The molecule has 0 aliphatic heterocycles. The van der Waals surface area contributed by atoms with Crippen LogP contribution in [0.1, 0.15) is 0 Å². The molecule has 0 aliphatic carbocycles. The van der Waals surface area contributed by atoms with E-state index in [-0.39, 0.29) is 17.3 Å².